The Morgan fingerprint density at radius 2 is 0.785 bits per heavy atom. The van der Waals surface area contributed by atoms with Crippen molar-refractivity contribution < 1.29 is 0 Å². The number of thiophene rings is 1. The van der Waals surface area contributed by atoms with E-state index in [2.05, 4.69) is 254 Å². The lowest BCUT2D eigenvalue weighted by atomic mass is 9.69. The van der Waals surface area contributed by atoms with Crippen LogP contribution in [0.3, 0.4) is 0 Å². The zero-order valence-corrected chi connectivity index (χ0v) is 36.3. The number of hydrogen-bond acceptors (Lipinski definition) is 2. The lowest BCUT2D eigenvalue weighted by Crippen LogP contribution is -2.28. The van der Waals surface area contributed by atoms with Crippen LogP contribution in [0.4, 0.5) is 17.1 Å². The van der Waals surface area contributed by atoms with E-state index in [0.717, 1.165) is 17.1 Å². The third kappa shape index (κ3) is 5.71. The SMILES string of the molecule is c1ccc(-c2ccc(N(c3ccc(-c4cccc5ccccc45)cc3)c3cccc4c3C3(c5ccccc5-4)c4ccccc4-c4c(-c5ccccc5)sc(-c5ccccc5)c43)cc2)cc1. The fraction of sp³-hybridized carbons (Fsp3) is 0.0159. The molecule has 0 amide bonds. The van der Waals surface area contributed by atoms with E-state index in [4.69, 9.17) is 0 Å². The molecule has 304 valence electrons. The summed E-state index contributed by atoms with van der Waals surface area (Å²) in [6.07, 6.45) is 0. The van der Waals surface area contributed by atoms with Crippen molar-refractivity contribution in [2.75, 3.05) is 4.90 Å². The highest BCUT2D eigenvalue weighted by molar-refractivity contribution is 7.19. The first-order valence-corrected chi connectivity index (χ1v) is 23.2. The fourth-order valence-corrected chi connectivity index (χ4v) is 12.4. The predicted octanol–water partition coefficient (Wildman–Crippen LogP) is 17.4. The van der Waals surface area contributed by atoms with Crippen LogP contribution in [-0.2, 0) is 5.41 Å². The van der Waals surface area contributed by atoms with Gasteiger partial charge in [0, 0.05) is 32.3 Å². The molecule has 0 N–H and O–H groups in total. The molecule has 2 aliphatic rings. The molecule has 11 aromatic rings. The molecule has 2 aliphatic carbocycles. The Balaban J connectivity index is 1.10. The van der Waals surface area contributed by atoms with Crippen LogP contribution >= 0.6 is 11.3 Å². The first kappa shape index (κ1) is 37.5. The van der Waals surface area contributed by atoms with E-state index in [9.17, 15) is 0 Å². The number of anilines is 3. The third-order valence-corrected chi connectivity index (χ3v) is 15.0. The topological polar surface area (TPSA) is 3.24 Å². The van der Waals surface area contributed by atoms with Gasteiger partial charge in [0.2, 0.25) is 0 Å². The quantitative estimate of drug-likeness (QED) is 0.154. The first-order valence-electron chi connectivity index (χ1n) is 22.4. The van der Waals surface area contributed by atoms with Gasteiger partial charge in [-0.15, -0.1) is 11.3 Å². The second-order valence-electron chi connectivity index (χ2n) is 17.1. The minimum atomic E-state index is -0.617. The van der Waals surface area contributed by atoms with Crippen molar-refractivity contribution >= 4 is 39.2 Å². The summed E-state index contributed by atoms with van der Waals surface area (Å²) in [5.74, 6) is 0. The summed E-state index contributed by atoms with van der Waals surface area (Å²) in [5, 5.41) is 2.50. The highest BCUT2D eigenvalue weighted by Crippen LogP contribution is 2.69. The van der Waals surface area contributed by atoms with Crippen LogP contribution in [0.25, 0.3) is 76.2 Å². The summed E-state index contributed by atoms with van der Waals surface area (Å²) in [6, 6.07) is 91.9. The molecule has 1 heterocycles. The summed E-state index contributed by atoms with van der Waals surface area (Å²) in [7, 11) is 0. The van der Waals surface area contributed by atoms with Crippen molar-refractivity contribution in [1.29, 1.82) is 0 Å². The molecule has 0 saturated carbocycles. The van der Waals surface area contributed by atoms with E-state index >= 15 is 0 Å². The molecule has 0 aliphatic heterocycles. The second kappa shape index (κ2) is 15.1. The normalized spacial score (nSPS) is 14.2. The van der Waals surface area contributed by atoms with Crippen LogP contribution in [0.1, 0.15) is 22.3 Å². The fourth-order valence-electron chi connectivity index (χ4n) is 11.0. The molecule has 1 spiro atoms. The van der Waals surface area contributed by atoms with Crippen LogP contribution in [-0.4, -0.2) is 0 Å². The Kier molecular flexibility index (Phi) is 8.69. The van der Waals surface area contributed by atoms with Gasteiger partial charge in [0.1, 0.15) is 0 Å². The Morgan fingerprint density at radius 1 is 0.308 bits per heavy atom. The molecule has 1 aromatic heterocycles. The van der Waals surface area contributed by atoms with Crippen molar-refractivity contribution in [2.45, 2.75) is 5.41 Å². The molecule has 65 heavy (non-hydrogen) atoms. The van der Waals surface area contributed by atoms with Crippen LogP contribution in [0, 0.1) is 0 Å². The van der Waals surface area contributed by atoms with E-state index in [1.54, 1.807) is 0 Å². The largest absolute Gasteiger partial charge is 0.310 e. The Morgan fingerprint density at radius 3 is 1.48 bits per heavy atom. The van der Waals surface area contributed by atoms with Crippen molar-refractivity contribution in [2.24, 2.45) is 0 Å². The maximum absolute atomic E-state index is 2.52. The van der Waals surface area contributed by atoms with E-state index in [1.165, 1.54) is 98.4 Å². The average molecular weight is 844 g/mol. The monoisotopic (exact) mass is 843 g/mol. The third-order valence-electron chi connectivity index (χ3n) is 13.7. The summed E-state index contributed by atoms with van der Waals surface area (Å²) in [6.45, 7) is 0. The highest BCUT2D eigenvalue weighted by Gasteiger charge is 2.56. The van der Waals surface area contributed by atoms with E-state index in [0.29, 0.717) is 0 Å². The van der Waals surface area contributed by atoms with Gasteiger partial charge in [-0.1, -0.05) is 218 Å². The average Bonchev–Trinajstić information content (AvgIpc) is 4.03. The zero-order chi connectivity index (χ0) is 42.9. The van der Waals surface area contributed by atoms with Crippen LogP contribution < -0.4 is 4.90 Å². The number of nitrogens with zero attached hydrogens (tertiary/aromatic N) is 1. The van der Waals surface area contributed by atoms with E-state index < -0.39 is 5.41 Å². The van der Waals surface area contributed by atoms with Gasteiger partial charge in [-0.3, -0.25) is 0 Å². The van der Waals surface area contributed by atoms with Gasteiger partial charge in [-0.25, -0.2) is 0 Å². The smallest absolute Gasteiger partial charge is 0.0760 e. The standard InChI is InChI=1S/C63H41NS/c1-4-18-42(19-5-1)43-34-38-48(39-35-43)64(49-40-36-45(37-41-49)51-29-16-25-44-20-10-11-26-50(44)51)57-33-17-30-53-52-27-12-14-31-55(52)63(59(53)57)56-32-15-13-28-54(56)58-60(63)62(47-23-8-3-9-24-47)65-61(58)46-21-6-2-7-22-46/h1-41H. The molecule has 1 nitrogen and oxygen atoms in total. The maximum Gasteiger partial charge on any atom is 0.0760 e. The highest BCUT2D eigenvalue weighted by atomic mass is 32.1. The van der Waals surface area contributed by atoms with Gasteiger partial charge in [0.15, 0.2) is 0 Å². The Hall–Kier alpha value is -8.04. The Bertz CT molecular complexity index is 3570. The molecule has 2 heteroatoms. The van der Waals surface area contributed by atoms with E-state index in [-0.39, 0.29) is 0 Å². The van der Waals surface area contributed by atoms with Crippen LogP contribution in [0.15, 0.2) is 249 Å². The lowest BCUT2D eigenvalue weighted by molar-refractivity contribution is 0.798. The van der Waals surface area contributed by atoms with Crippen molar-refractivity contribution in [3.63, 3.8) is 0 Å². The number of rotatable bonds is 7. The summed E-state index contributed by atoms with van der Waals surface area (Å²) in [5.41, 5.74) is 20.6. The number of fused-ring (bicyclic) bond motifs is 11. The molecule has 0 fully saturated rings. The summed E-state index contributed by atoms with van der Waals surface area (Å²) < 4.78 is 0. The molecule has 1 atom stereocenters. The van der Waals surface area contributed by atoms with Crippen LogP contribution in [0.2, 0.25) is 0 Å². The lowest BCUT2D eigenvalue weighted by Gasteiger charge is -2.36. The summed E-state index contributed by atoms with van der Waals surface area (Å²) in [4.78, 5) is 5.14. The minimum Gasteiger partial charge on any atom is -0.310 e. The van der Waals surface area contributed by atoms with Gasteiger partial charge in [0.25, 0.3) is 0 Å². The van der Waals surface area contributed by atoms with Gasteiger partial charge in [0.05, 0.1) is 11.1 Å². The first-order chi connectivity index (χ1) is 32.3. The van der Waals surface area contributed by atoms with Gasteiger partial charge < -0.3 is 4.90 Å². The molecule has 1 unspecified atom stereocenters. The number of benzene rings is 10. The van der Waals surface area contributed by atoms with Crippen molar-refractivity contribution in [1.82, 2.24) is 0 Å². The molecule has 13 rings (SSSR count). The predicted molar refractivity (Wildman–Crippen MR) is 275 cm³/mol. The van der Waals surface area contributed by atoms with E-state index in [1.807, 2.05) is 11.3 Å². The second-order valence-corrected chi connectivity index (χ2v) is 18.1. The molecule has 0 radical (unpaired) electrons. The van der Waals surface area contributed by atoms with Gasteiger partial charge >= 0.3 is 0 Å². The van der Waals surface area contributed by atoms with Gasteiger partial charge in [-0.05, 0) is 108 Å². The maximum atomic E-state index is 2.52. The molecule has 0 saturated heterocycles. The van der Waals surface area contributed by atoms with Crippen molar-refractivity contribution in [3.8, 4) is 65.4 Å². The molecule has 10 aromatic carbocycles. The Labute approximate surface area is 383 Å². The minimum absolute atomic E-state index is 0.617. The molecular weight excluding hydrogens is 803 g/mol. The van der Waals surface area contributed by atoms with Crippen LogP contribution in [0.5, 0.6) is 0 Å². The van der Waals surface area contributed by atoms with Crippen molar-refractivity contribution in [3.05, 3.63) is 271 Å². The van der Waals surface area contributed by atoms with Gasteiger partial charge in [-0.2, -0.15) is 0 Å². The molecule has 0 bridgehead atoms. The summed E-state index contributed by atoms with van der Waals surface area (Å²) >= 11 is 1.93. The zero-order valence-electron chi connectivity index (χ0n) is 35.5. The molecular formula is C63H41NS. The number of hydrogen-bond donors (Lipinski definition) is 0.